The number of nitrogens with zero attached hydrogens (tertiary/aromatic N) is 1. The van der Waals surface area contributed by atoms with Crippen LogP contribution in [-0.2, 0) is 10.0 Å². The van der Waals surface area contributed by atoms with Gasteiger partial charge in [0.2, 0.25) is 0 Å². The summed E-state index contributed by atoms with van der Waals surface area (Å²) in [7, 11) is -1.78. The van der Waals surface area contributed by atoms with Crippen LogP contribution in [0.1, 0.15) is 28.8 Å². The minimum atomic E-state index is -1.78. The summed E-state index contributed by atoms with van der Waals surface area (Å²) in [6.07, 6.45) is 1.11. The highest BCUT2D eigenvalue weighted by Crippen LogP contribution is 2.41. The van der Waals surface area contributed by atoms with Crippen molar-refractivity contribution in [3.63, 3.8) is 0 Å². The van der Waals surface area contributed by atoms with Crippen LogP contribution in [0, 0.1) is 11.3 Å². The minimum absolute atomic E-state index is 0.187. The van der Waals surface area contributed by atoms with Crippen LogP contribution in [0.25, 0.3) is 0 Å². The predicted molar refractivity (Wildman–Crippen MR) is 109 cm³/mol. The van der Waals surface area contributed by atoms with Gasteiger partial charge in [-0.25, -0.2) is 0 Å². The molecule has 0 aliphatic carbocycles. The van der Waals surface area contributed by atoms with Crippen molar-refractivity contribution < 1.29 is 18.7 Å². The largest absolute Gasteiger partial charge is 0.493 e. The van der Waals surface area contributed by atoms with Gasteiger partial charge in [0.05, 0.1) is 18.8 Å². The van der Waals surface area contributed by atoms with Crippen LogP contribution in [0.3, 0.4) is 0 Å². The lowest BCUT2D eigenvalue weighted by Crippen LogP contribution is -2.42. The maximum atomic E-state index is 11.2. The van der Waals surface area contributed by atoms with Gasteiger partial charge in [-0.15, -0.1) is 0 Å². The summed E-state index contributed by atoms with van der Waals surface area (Å²) in [6, 6.07) is 17.4. The average molecular weight is 396 g/mol. The van der Waals surface area contributed by atoms with E-state index in [1.165, 1.54) is 0 Å². The number of carbonyl (C=O) groups excluding carboxylic acids is 1. The highest BCUT2D eigenvalue weighted by molar-refractivity contribution is 6.69. The minimum Gasteiger partial charge on any atom is -0.493 e. The summed E-state index contributed by atoms with van der Waals surface area (Å²) in [6.45, 7) is 7.36. The quantitative estimate of drug-likeness (QED) is 0.690. The fraction of sp³-hybridized carbons (Fsp3) is 0.364. The van der Waals surface area contributed by atoms with Crippen LogP contribution in [0.4, 0.5) is 0 Å². The van der Waals surface area contributed by atoms with E-state index in [-0.39, 0.29) is 5.78 Å². The van der Waals surface area contributed by atoms with Crippen LogP contribution in [0.15, 0.2) is 48.5 Å². The van der Waals surface area contributed by atoms with Crippen molar-refractivity contribution in [2.45, 2.75) is 38.1 Å². The van der Waals surface area contributed by atoms with E-state index in [2.05, 4.69) is 25.7 Å². The summed E-state index contributed by atoms with van der Waals surface area (Å²) in [5, 5.41) is 9.54. The van der Waals surface area contributed by atoms with Gasteiger partial charge in [-0.2, -0.15) is 5.26 Å². The van der Waals surface area contributed by atoms with Crippen LogP contribution < -0.4 is 9.47 Å². The van der Waals surface area contributed by atoms with Gasteiger partial charge in [-0.05, 0) is 37.8 Å². The van der Waals surface area contributed by atoms with Gasteiger partial charge in [-0.1, -0.05) is 30.3 Å². The third-order valence-corrected chi connectivity index (χ3v) is 5.43. The molecular formula is C22H25NO4Si. The lowest BCUT2D eigenvalue weighted by atomic mass is 9.90. The number of hydrogen-bond donors (Lipinski definition) is 0. The van der Waals surface area contributed by atoms with Crippen molar-refractivity contribution in [3.05, 3.63) is 59.7 Å². The van der Waals surface area contributed by atoms with E-state index >= 15 is 0 Å². The Kier molecular flexibility index (Phi) is 5.87. The number of nitriles is 1. The summed E-state index contributed by atoms with van der Waals surface area (Å²) in [4.78, 5) is 11.2. The Morgan fingerprint density at radius 3 is 2.32 bits per heavy atom. The molecule has 0 N–H and O–H groups in total. The van der Waals surface area contributed by atoms with Gasteiger partial charge >= 0.3 is 0 Å². The number of benzene rings is 2. The molecule has 6 heteroatoms. The lowest BCUT2D eigenvalue weighted by molar-refractivity contribution is 0.0664. The van der Waals surface area contributed by atoms with Crippen molar-refractivity contribution >= 4 is 14.1 Å². The zero-order valence-electron chi connectivity index (χ0n) is 16.5. The number of Topliss-reactive ketones (excluding diaryl/α,β-unsaturated/α-hetero) is 1. The Hall–Kier alpha value is -2.62. The van der Waals surface area contributed by atoms with E-state index in [9.17, 15) is 10.1 Å². The molecule has 0 saturated heterocycles. The van der Waals surface area contributed by atoms with Gasteiger partial charge in [-0.3, -0.25) is 4.79 Å². The number of fused-ring (bicyclic) bond motifs is 2. The molecule has 0 saturated carbocycles. The van der Waals surface area contributed by atoms with Crippen molar-refractivity contribution in [1.29, 1.82) is 5.26 Å². The van der Waals surface area contributed by atoms with E-state index < -0.39 is 13.9 Å². The molecule has 0 aromatic heterocycles. The van der Waals surface area contributed by atoms with Gasteiger partial charge in [0.1, 0.15) is 17.6 Å². The number of ether oxygens (including phenoxy) is 2. The van der Waals surface area contributed by atoms with E-state index in [1.54, 1.807) is 6.07 Å². The van der Waals surface area contributed by atoms with E-state index in [0.29, 0.717) is 26.1 Å². The van der Waals surface area contributed by atoms with Crippen molar-refractivity contribution in [2.24, 2.45) is 0 Å². The first-order valence-corrected chi connectivity index (χ1v) is 12.8. The molecule has 28 heavy (non-hydrogen) atoms. The monoisotopic (exact) mass is 395 g/mol. The number of carbonyl (C=O) groups is 1. The first kappa shape index (κ1) is 20.1. The Labute approximate surface area is 167 Å². The fourth-order valence-corrected chi connectivity index (χ4v) is 4.65. The van der Waals surface area contributed by atoms with Crippen LogP contribution in [-0.4, -0.2) is 27.3 Å². The normalized spacial score (nSPS) is 20.3. The molecule has 1 unspecified atom stereocenters. The van der Waals surface area contributed by atoms with Crippen LogP contribution >= 0.6 is 0 Å². The third kappa shape index (κ3) is 4.43. The number of ketones is 1. The SMILES string of the molecule is C[Si](C)(C)OC1(C#N)CCOc2ccccc21.O=C1CCOc2ccccc21. The van der Waals surface area contributed by atoms with Gasteiger partial charge < -0.3 is 13.9 Å². The second-order valence-electron chi connectivity index (χ2n) is 7.77. The smallest absolute Gasteiger partial charge is 0.186 e. The molecule has 0 amide bonds. The molecule has 0 spiro atoms. The van der Waals surface area contributed by atoms with Gasteiger partial charge in [0.15, 0.2) is 19.7 Å². The van der Waals surface area contributed by atoms with Crippen molar-refractivity contribution in [1.82, 2.24) is 0 Å². The van der Waals surface area contributed by atoms with E-state index in [1.807, 2.05) is 42.5 Å². The first-order chi connectivity index (χ1) is 13.3. The first-order valence-electron chi connectivity index (χ1n) is 9.43. The summed E-state index contributed by atoms with van der Waals surface area (Å²) >= 11 is 0. The highest BCUT2D eigenvalue weighted by atomic mass is 28.4. The molecule has 2 aromatic rings. The van der Waals surface area contributed by atoms with Crippen molar-refractivity contribution in [2.75, 3.05) is 13.2 Å². The molecule has 0 radical (unpaired) electrons. The predicted octanol–water partition coefficient (Wildman–Crippen LogP) is 4.69. The second kappa shape index (κ2) is 8.17. The molecule has 2 aliphatic heterocycles. The van der Waals surface area contributed by atoms with Crippen LogP contribution in [0.5, 0.6) is 11.5 Å². The van der Waals surface area contributed by atoms with Crippen LogP contribution in [0.2, 0.25) is 19.6 Å². The molecule has 1 atom stereocenters. The molecule has 146 valence electrons. The fourth-order valence-electron chi connectivity index (χ4n) is 3.34. The van der Waals surface area contributed by atoms with Gasteiger partial charge in [0.25, 0.3) is 0 Å². The molecule has 0 fully saturated rings. The zero-order valence-corrected chi connectivity index (χ0v) is 17.5. The Morgan fingerprint density at radius 2 is 1.64 bits per heavy atom. The maximum Gasteiger partial charge on any atom is 0.186 e. The van der Waals surface area contributed by atoms with Gasteiger partial charge in [0, 0.05) is 18.4 Å². The lowest BCUT2D eigenvalue weighted by Gasteiger charge is -2.37. The summed E-state index contributed by atoms with van der Waals surface area (Å²) in [5.74, 6) is 1.69. The number of para-hydroxylation sites is 2. The molecular weight excluding hydrogens is 370 g/mol. The standard InChI is InChI=1S/C13H17NO2Si.C9H8O2/c1-17(2,3)16-13(10-14)8-9-15-12-7-5-4-6-11(12)13;10-8-5-6-11-9-4-2-1-3-7(8)9/h4-7H,8-9H2,1-3H3;1-4H,5-6H2. The summed E-state index contributed by atoms with van der Waals surface area (Å²) < 4.78 is 17.0. The zero-order chi connectivity index (χ0) is 20.2. The van der Waals surface area contributed by atoms with E-state index in [0.717, 1.165) is 22.6 Å². The van der Waals surface area contributed by atoms with Crippen molar-refractivity contribution in [3.8, 4) is 17.6 Å². The maximum absolute atomic E-state index is 11.2. The Morgan fingerprint density at radius 1 is 1.00 bits per heavy atom. The molecule has 2 aromatic carbocycles. The number of hydrogen-bond acceptors (Lipinski definition) is 5. The molecule has 5 nitrogen and oxygen atoms in total. The average Bonchev–Trinajstić information content (AvgIpc) is 2.68. The number of rotatable bonds is 2. The Balaban J connectivity index is 0.000000176. The molecule has 2 heterocycles. The molecule has 0 bridgehead atoms. The third-order valence-electron chi connectivity index (χ3n) is 4.47. The Bertz CT molecular complexity index is 900. The summed E-state index contributed by atoms with van der Waals surface area (Å²) in [5.41, 5.74) is 0.772. The topological polar surface area (TPSA) is 68.5 Å². The second-order valence-corrected chi connectivity index (χ2v) is 12.2. The molecule has 4 rings (SSSR count). The molecule has 2 aliphatic rings. The van der Waals surface area contributed by atoms with E-state index in [4.69, 9.17) is 13.9 Å². The highest BCUT2D eigenvalue weighted by Gasteiger charge is 2.42.